The van der Waals surface area contributed by atoms with Crippen molar-refractivity contribution in [1.29, 1.82) is 0 Å². The van der Waals surface area contributed by atoms with E-state index in [4.69, 9.17) is 0 Å². The molecule has 2 aromatic carbocycles. The zero-order chi connectivity index (χ0) is 19.9. The number of aromatic nitrogens is 2. The summed E-state index contributed by atoms with van der Waals surface area (Å²) in [5.41, 5.74) is 3.23. The highest BCUT2D eigenvalue weighted by Crippen LogP contribution is 2.26. The molecule has 0 unspecified atom stereocenters. The normalized spacial score (nSPS) is 10.9. The number of hydrogen-bond acceptors (Lipinski definition) is 4. The summed E-state index contributed by atoms with van der Waals surface area (Å²) >= 11 is 1.25. The number of carbonyl (C=O) groups excluding carboxylic acids is 1. The lowest BCUT2D eigenvalue weighted by molar-refractivity contribution is -0.113. The standard InChI is InChI=1S/C20H19F2N3O2S/c1-13-16(11-14-7-3-2-4-8-14)25-20(23-13)28-12-18(26)24-15-9-5-6-10-17(15)27-19(21)22/h2-10,19H,11-12H2,1H3,(H,23,25)(H,24,26). The lowest BCUT2D eigenvalue weighted by atomic mass is 10.1. The number of thioether (sulfide) groups is 1. The zero-order valence-electron chi connectivity index (χ0n) is 15.1. The molecule has 0 fully saturated rings. The third-order valence-corrected chi connectivity index (χ3v) is 4.77. The van der Waals surface area contributed by atoms with Gasteiger partial charge in [0, 0.05) is 12.1 Å². The molecule has 3 aromatic rings. The molecule has 5 nitrogen and oxygen atoms in total. The van der Waals surface area contributed by atoms with Crippen LogP contribution in [0.5, 0.6) is 5.75 Å². The van der Waals surface area contributed by atoms with Crippen LogP contribution >= 0.6 is 11.8 Å². The quantitative estimate of drug-likeness (QED) is 0.538. The van der Waals surface area contributed by atoms with Crippen LogP contribution in [0.4, 0.5) is 14.5 Å². The summed E-state index contributed by atoms with van der Waals surface area (Å²) in [6.45, 7) is -1.02. The van der Waals surface area contributed by atoms with E-state index < -0.39 is 6.61 Å². The smallest absolute Gasteiger partial charge is 0.387 e. The van der Waals surface area contributed by atoms with Gasteiger partial charge in [0.2, 0.25) is 5.91 Å². The number of nitrogens with one attached hydrogen (secondary N) is 2. The molecule has 1 amide bonds. The molecule has 0 aliphatic carbocycles. The first-order chi connectivity index (χ1) is 13.5. The highest BCUT2D eigenvalue weighted by molar-refractivity contribution is 7.99. The van der Waals surface area contributed by atoms with Crippen molar-refractivity contribution >= 4 is 23.4 Å². The fraction of sp³-hybridized carbons (Fsp3) is 0.200. The monoisotopic (exact) mass is 403 g/mol. The number of hydrogen-bond donors (Lipinski definition) is 2. The van der Waals surface area contributed by atoms with Gasteiger partial charge in [0.15, 0.2) is 5.16 Å². The number of alkyl halides is 2. The van der Waals surface area contributed by atoms with Crippen molar-refractivity contribution in [3.8, 4) is 5.75 Å². The molecule has 3 rings (SSSR count). The Kier molecular flexibility index (Phi) is 6.65. The summed E-state index contributed by atoms with van der Waals surface area (Å²) in [7, 11) is 0. The Balaban J connectivity index is 1.57. The van der Waals surface area contributed by atoms with E-state index in [9.17, 15) is 13.6 Å². The number of ether oxygens (including phenoxy) is 1. The SMILES string of the molecule is Cc1[nH]c(SCC(=O)Nc2ccccc2OC(F)F)nc1Cc1ccccc1. The molecule has 0 spiro atoms. The molecule has 0 bridgehead atoms. The summed E-state index contributed by atoms with van der Waals surface area (Å²) in [5.74, 6) is -0.329. The van der Waals surface area contributed by atoms with Gasteiger partial charge < -0.3 is 15.0 Å². The summed E-state index contributed by atoms with van der Waals surface area (Å²) in [4.78, 5) is 19.9. The number of halogens is 2. The molecule has 0 aliphatic rings. The summed E-state index contributed by atoms with van der Waals surface area (Å²) < 4.78 is 29.3. The van der Waals surface area contributed by atoms with Gasteiger partial charge in [-0.05, 0) is 24.6 Å². The van der Waals surface area contributed by atoms with Crippen molar-refractivity contribution in [2.24, 2.45) is 0 Å². The number of aryl methyl sites for hydroxylation is 1. The van der Waals surface area contributed by atoms with E-state index in [-0.39, 0.29) is 23.1 Å². The molecule has 0 aliphatic heterocycles. The van der Waals surface area contributed by atoms with Crippen LogP contribution in [0.3, 0.4) is 0 Å². The van der Waals surface area contributed by atoms with Gasteiger partial charge in [-0.2, -0.15) is 8.78 Å². The Bertz CT molecular complexity index is 932. The number of aromatic amines is 1. The van der Waals surface area contributed by atoms with Gasteiger partial charge >= 0.3 is 6.61 Å². The summed E-state index contributed by atoms with van der Waals surface area (Å²) in [6.07, 6.45) is 0.703. The van der Waals surface area contributed by atoms with Crippen LogP contribution in [-0.4, -0.2) is 28.2 Å². The molecular weight excluding hydrogens is 384 g/mol. The Labute approximate surface area is 165 Å². The largest absolute Gasteiger partial charge is 0.433 e. The molecule has 146 valence electrons. The first-order valence-electron chi connectivity index (χ1n) is 8.57. The lowest BCUT2D eigenvalue weighted by Crippen LogP contribution is -2.15. The van der Waals surface area contributed by atoms with Crippen molar-refractivity contribution in [2.75, 3.05) is 11.1 Å². The number of rotatable bonds is 8. The molecule has 1 aromatic heterocycles. The minimum Gasteiger partial charge on any atom is -0.433 e. The van der Waals surface area contributed by atoms with E-state index in [0.717, 1.165) is 17.0 Å². The minimum absolute atomic E-state index is 0.0742. The third-order valence-electron chi connectivity index (χ3n) is 3.90. The topological polar surface area (TPSA) is 67.0 Å². The molecular formula is C20H19F2N3O2S. The van der Waals surface area contributed by atoms with Gasteiger partial charge in [0.1, 0.15) is 5.75 Å². The average Bonchev–Trinajstić information content (AvgIpc) is 3.02. The van der Waals surface area contributed by atoms with E-state index in [0.29, 0.717) is 11.6 Å². The highest BCUT2D eigenvalue weighted by Gasteiger charge is 2.13. The van der Waals surface area contributed by atoms with Crippen molar-refractivity contribution in [1.82, 2.24) is 9.97 Å². The Morgan fingerprint density at radius 2 is 1.89 bits per heavy atom. The third kappa shape index (κ3) is 5.56. The van der Waals surface area contributed by atoms with Gasteiger partial charge in [-0.1, -0.05) is 54.2 Å². The number of benzene rings is 2. The van der Waals surface area contributed by atoms with Gasteiger partial charge in [-0.15, -0.1) is 0 Å². The van der Waals surface area contributed by atoms with Gasteiger partial charge in [-0.3, -0.25) is 4.79 Å². The number of imidazole rings is 1. The van der Waals surface area contributed by atoms with Crippen LogP contribution in [0.15, 0.2) is 59.8 Å². The van der Waals surface area contributed by atoms with Gasteiger partial charge in [-0.25, -0.2) is 4.98 Å². The van der Waals surface area contributed by atoms with Crippen LogP contribution in [-0.2, 0) is 11.2 Å². The fourth-order valence-electron chi connectivity index (χ4n) is 2.59. The summed E-state index contributed by atoms with van der Waals surface area (Å²) in [6, 6.07) is 16.1. The molecule has 2 N–H and O–H groups in total. The lowest BCUT2D eigenvalue weighted by Gasteiger charge is -2.11. The van der Waals surface area contributed by atoms with Crippen LogP contribution in [0, 0.1) is 6.92 Å². The minimum atomic E-state index is -2.96. The number of para-hydroxylation sites is 2. The highest BCUT2D eigenvalue weighted by atomic mass is 32.2. The predicted molar refractivity (Wildman–Crippen MR) is 105 cm³/mol. The van der Waals surface area contributed by atoms with Gasteiger partial charge in [0.05, 0.1) is 17.1 Å². The molecule has 0 saturated heterocycles. The Morgan fingerprint density at radius 3 is 2.64 bits per heavy atom. The van der Waals surface area contributed by atoms with E-state index in [1.807, 2.05) is 37.3 Å². The summed E-state index contributed by atoms with van der Waals surface area (Å²) in [5, 5.41) is 3.22. The first-order valence-corrected chi connectivity index (χ1v) is 9.55. The maximum atomic E-state index is 12.5. The average molecular weight is 403 g/mol. The second-order valence-electron chi connectivity index (χ2n) is 5.99. The van der Waals surface area contributed by atoms with Gasteiger partial charge in [0.25, 0.3) is 0 Å². The van der Waals surface area contributed by atoms with Crippen LogP contribution in [0.1, 0.15) is 17.0 Å². The first kappa shape index (κ1) is 19.9. The number of anilines is 1. The Hall–Kier alpha value is -2.87. The van der Waals surface area contributed by atoms with Crippen molar-refractivity contribution in [2.45, 2.75) is 25.1 Å². The van der Waals surface area contributed by atoms with Crippen molar-refractivity contribution < 1.29 is 18.3 Å². The maximum Gasteiger partial charge on any atom is 0.387 e. The van der Waals surface area contributed by atoms with Crippen LogP contribution in [0.2, 0.25) is 0 Å². The number of H-pyrrole nitrogens is 1. The number of nitrogens with zero attached hydrogens (tertiary/aromatic N) is 1. The molecule has 0 saturated carbocycles. The maximum absolute atomic E-state index is 12.5. The van der Waals surface area contributed by atoms with Crippen LogP contribution < -0.4 is 10.1 Å². The van der Waals surface area contributed by atoms with Crippen LogP contribution in [0.25, 0.3) is 0 Å². The van der Waals surface area contributed by atoms with E-state index in [1.54, 1.807) is 12.1 Å². The second kappa shape index (κ2) is 9.36. The van der Waals surface area contributed by atoms with E-state index in [1.165, 1.54) is 23.9 Å². The molecule has 1 heterocycles. The molecule has 28 heavy (non-hydrogen) atoms. The number of carbonyl (C=O) groups is 1. The molecule has 0 radical (unpaired) electrons. The zero-order valence-corrected chi connectivity index (χ0v) is 15.9. The van der Waals surface area contributed by atoms with Crippen molar-refractivity contribution in [3.63, 3.8) is 0 Å². The Morgan fingerprint density at radius 1 is 1.18 bits per heavy atom. The van der Waals surface area contributed by atoms with E-state index >= 15 is 0 Å². The predicted octanol–water partition coefficient (Wildman–Crippen LogP) is 4.64. The molecule has 8 heteroatoms. The van der Waals surface area contributed by atoms with Crippen molar-refractivity contribution in [3.05, 3.63) is 71.5 Å². The second-order valence-corrected chi connectivity index (χ2v) is 6.95. The van der Waals surface area contributed by atoms with E-state index in [2.05, 4.69) is 20.0 Å². The number of amides is 1. The molecule has 0 atom stereocenters. The fourth-order valence-corrected chi connectivity index (χ4v) is 3.33.